The summed E-state index contributed by atoms with van der Waals surface area (Å²) >= 11 is 1.42. The van der Waals surface area contributed by atoms with Crippen molar-refractivity contribution < 1.29 is 4.79 Å². The van der Waals surface area contributed by atoms with Crippen LogP contribution in [0.4, 0.5) is 5.95 Å². The van der Waals surface area contributed by atoms with Crippen LogP contribution in [0.1, 0.15) is 34.3 Å². The molecule has 4 aromatic heterocycles. The Kier molecular flexibility index (Phi) is 4.93. The first-order valence-corrected chi connectivity index (χ1v) is 9.72. The van der Waals surface area contributed by atoms with Gasteiger partial charge in [0.25, 0.3) is 0 Å². The first kappa shape index (κ1) is 17.4. The van der Waals surface area contributed by atoms with Gasteiger partial charge < -0.3 is 9.88 Å². The lowest BCUT2D eigenvalue weighted by Gasteiger charge is -2.09. The molecule has 136 valence electrons. The van der Waals surface area contributed by atoms with E-state index in [1.807, 2.05) is 41.9 Å². The van der Waals surface area contributed by atoms with E-state index in [2.05, 4.69) is 31.8 Å². The van der Waals surface area contributed by atoms with Gasteiger partial charge in [-0.15, -0.1) is 11.3 Å². The largest absolute Gasteiger partial charge is 0.350 e. The fourth-order valence-corrected chi connectivity index (χ4v) is 3.61. The average Bonchev–Trinajstić information content (AvgIpc) is 3.37. The van der Waals surface area contributed by atoms with Crippen molar-refractivity contribution >= 4 is 34.1 Å². The second kappa shape index (κ2) is 7.67. The van der Waals surface area contributed by atoms with E-state index >= 15 is 0 Å². The van der Waals surface area contributed by atoms with Gasteiger partial charge >= 0.3 is 0 Å². The Hall–Kier alpha value is -3.06. The molecule has 0 aliphatic heterocycles. The highest BCUT2D eigenvalue weighted by atomic mass is 32.1. The van der Waals surface area contributed by atoms with Crippen LogP contribution in [-0.4, -0.2) is 25.3 Å². The van der Waals surface area contributed by atoms with E-state index in [1.165, 1.54) is 11.3 Å². The molecule has 6 nitrogen and oxygen atoms in total. The number of aromatic nitrogens is 4. The monoisotopic (exact) mass is 377 g/mol. The van der Waals surface area contributed by atoms with Crippen LogP contribution in [0.25, 0.3) is 11.0 Å². The topological polar surface area (TPSA) is 72.7 Å². The van der Waals surface area contributed by atoms with Crippen LogP contribution < -0.4 is 5.32 Å². The van der Waals surface area contributed by atoms with E-state index in [0.717, 1.165) is 29.6 Å². The maximum Gasteiger partial charge on any atom is 0.225 e. The predicted octanol–water partition coefficient (Wildman–Crippen LogP) is 4.14. The van der Waals surface area contributed by atoms with Crippen LogP contribution in [0.15, 0.2) is 54.3 Å². The van der Waals surface area contributed by atoms with Gasteiger partial charge in [0.05, 0.1) is 4.88 Å². The number of anilines is 1. The van der Waals surface area contributed by atoms with E-state index in [0.29, 0.717) is 23.1 Å². The van der Waals surface area contributed by atoms with Crippen LogP contribution in [0.5, 0.6) is 0 Å². The Balaban J connectivity index is 1.74. The van der Waals surface area contributed by atoms with Crippen molar-refractivity contribution in [2.45, 2.75) is 26.4 Å². The molecule has 4 aromatic rings. The lowest BCUT2D eigenvalue weighted by Crippen LogP contribution is -2.10. The molecule has 0 amide bonds. The standard InChI is InChI=1S/C20H19N5OS/c1-2-9-25-10-7-15-17(18(26)16-6-4-11-27-16)23-20(24-19(15)25)22-13-14-5-3-8-21-12-14/h3-8,10-12H,2,9,13H2,1H3,(H,22,23,24). The SMILES string of the molecule is CCCn1ccc2c(C(=O)c3cccs3)nc(NCc3cccnc3)nc21. The number of carbonyl (C=O) groups is 1. The molecule has 27 heavy (non-hydrogen) atoms. The quantitative estimate of drug-likeness (QED) is 0.490. The summed E-state index contributed by atoms with van der Waals surface area (Å²) < 4.78 is 2.07. The molecule has 0 aliphatic carbocycles. The van der Waals surface area contributed by atoms with Crippen molar-refractivity contribution in [1.29, 1.82) is 0 Å². The molecule has 0 radical (unpaired) electrons. The molecule has 4 rings (SSSR count). The van der Waals surface area contributed by atoms with Gasteiger partial charge in [-0.25, -0.2) is 4.98 Å². The number of nitrogens with one attached hydrogen (secondary N) is 1. The van der Waals surface area contributed by atoms with Gasteiger partial charge in [0, 0.05) is 37.1 Å². The van der Waals surface area contributed by atoms with E-state index in [-0.39, 0.29) is 5.78 Å². The molecule has 7 heteroatoms. The number of rotatable bonds is 7. The molecule has 0 fully saturated rings. The summed E-state index contributed by atoms with van der Waals surface area (Å²) in [5.41, 5.74) is 2.24. The zero-order valence-electron chi connectivity index (χ0n) is 14.9. The Morgan fingerprint density at radius 2 is 2.15 bits per heavy atom. The summed E-state index contributed by atoms with van der Waals surface area (Å²) in [6, 6.07) is 9.50. The Bertz CT molecular complexity index is 1060. The number of hydrogen-bond acceptors (Lipinski definition) is 6. The van der Waals surface area contributed by atoms with E-state index in [1.54, 1.807) is 12.4 Å². The first-order chi connectivity index (χ1) is 13.3. The van der Waals surface area contributed by atoms with Crippen molar-refractivity contribution in [3.05, 3.63) is 70.4 Å². The highest BCUT2D eigenvalue weighted by Crippen LogP contribution is 2.24. The summed E-state index contributed by atoms with van der Waals surface area (Å²) in [5, 5.41) is 5.91. The van der Waals surface area contributed by atoms with Crippen LogP contribution in [0.3, 0.4) is 0 Å². The minimum absolute atomic E-state index is 0.0731. The number of ketones is 1. The molecule has 0 atom stereocenters. The zero-order valence-corrected chi connectivity index (χ0v) is 15.7. The number of fused-ring (bicyclic) bond motifs is 1. The molecular weight excluding hydrogens is 358 g/mol. The minimum Gasteiger partial charge on any atom is -0.350 e. The van der Waals surface area contributed by atoms with Gasteiger partial charge in [0.15, 0.2) is 0 Å². The highest BCUT2D eigenvalue weighted by Gasteiger charge is 2.19. The molecule has 0 bridgehead atoms. The average molecular weight is 377 g/mol. The first-order valence-electron chi connectivity index (χ1n) is 8.84. The third-order valence-electron chi connectivity index (χ3n) is 4.22. The summed E-state index contributed by atoms with van der Waals surface area (Å²) in [7, 11) is 0. The van der Waals surface area contributed by atoms with Crippen LogP contribution >= 0.6 is 11.3 Å². The summed E-state index contributed by atoms with van der Waals surface area (Å²) in [6.45, 7) is 3.50. The molecule has 0 spiro atoms. The molecule has 4 heterocycles. The van der Waals surface area contributed by atoms with E-state index in [4.69, 9.17) is 0 Å². The molecule has 0 unspecified atom stereocenters. The second-order valence-electron chi connectivity index (χ2n) is 6.16. The Morgan fingerprint density at radius 3 is 2.89 bits per heavy atom. The molecular formula is C20H19N5OS. The van der Waals surface area contributed by atoms with Crippen molar-refractivity contribution in [2.24, 2.45) is 0 Å². The minimum atomic E-state index is -0.0731. The van der Waals surface area contributed by atoms with E-state index in [9.17, 15) is 4.79 Å². The van der Waals surface area contributed by atoms with Gasteiger partial charge in [0.1, 0.15) is 11.3 Å². The lowest BCUT2D eigenvalue weighted by molar-refractivity contribution is 0.103. The normalized spacial score (nSPS) is 11.0. The fraction of sp³-hybridized carbons (Fsp3) is 0.200. The third-order valence-corrected chi connectivity index (χ3v) is 5.09. The number of carbonyl (C=O) groups excluding carboxylic acids is 1. The van der Waals surface area contributed by atoms with Crippen molar-refractivity contribution in [2.75, 3.05) is 5.32 Å². The summed E-state index contributed by atoms with van der Waals surface area (Å²) in [5.74, 6) is 0.374. The fourth-order valence-electron chi connectivity index (χ4n) is 2.95. The molecule has 0 saturated heterocycles. The predicted molar refractivity (Wildman–Crippen MR) is 107 cm³/mol. The molecule has 0 aliphatic rings. The maximum absolute atomic E-state index is 13.0. The number of hydrogen-bond donors (Lipinski definition) is 1. The lowest BCUT2D eigenvalue weighted by atomic mass is 10.2. The van der Waals surface area contributed by atoms with Crippen LogP contribution in [-0.2, 0) is 13.1 Å². The van der Waals surface area contributed by atoms with Gasteiger partial charge in [-0.2, -0.15) is 4.98 Å². The Morgan fingerprint density at radius 1 is 1.22 bits per heavy atom. The van der Waals surface area contributed by atoms with Gasteiger partial charge in [0.2, 0.25) is 11.7 Å². The number of nitrogens with zero attached hydrogens (tertiary/aromatic N) is 4. The van der Waals surface area contributed by atoms with Gasteiger partial charge in [-0.05, 0) is 35.6 Å². The highest BCUT2D eigenvalue weighted by molar-refractivity contribution is 7.12. The third kappa shape index (κ3) is 3.59. The second-order valence-corrected chi connectivity index (χ2v) is 7.11. The number of aryl methyl sites for hydroxylation is 1. The number of thiophene rings is 1. The van der Waals surface area contributed by atoms with Gasteiger partial charge in [-0.1, -0.05) is 19.1 Å². The summed E-state index contributed by atoms with van der Waals surface area (Å²) in [4.78, 5) is 27.0. The Labute approximate surface area is 160 Å². The van der Waals surface area contributed by atoms with Crippen LogP contribution in [0, 0.1) is 0 Å². The van der Waals surface area contributed by atoms with Crippen molar-refractivity contribution in [3.8, 4) is 0 Å². The van der Waals surface area contributed by atoms with E-state index < -0.39 is 0 Å². The molecule has 0 aromatic carbocycles. The van der Waals surface area contributed by atoms with Gasteiger partial charge in [-0.3, -0.25) is 9.78 Å². The number of pyridine rings is 1. The summed E-state index contributed by atoms with van der Waals surface area (Å²) in [6.07, 6.45) is 6.49. The molecule has 1 N–H and O–H groups in total. The van der Waals surface area contributed by atoms with Crippen LogP contribution in [0.2, 0.25) is 0 Å². The zero-order chi connectivity index (χ0) is 18.6. The molecule has 0 saturated carbocycles. The smallest absolute Gasteiger partial charge is 0.225 e. The van der Waals surface area contributed by atoms with Crippen molar-refractivity contribution in [3.63, 3.8) is 0 Å². The maximum atomic E-state index is 13.0. The van der Waals surface area contributed by atoms with Crippen molar-refractivity contribution in [1.82, 2.24) is 19.5 Å².